The van der Waals surface area contributed by atoms with E-state index in [4.69, 9.17) is 0 Å². The van der Waals surface area contributed by atoms with Gasteiger partial charge in [0.2, 0.25) is 0 Å². The molecule has 3 aromatic rings. The summed E-state index contributed by atoms with van der Waals surface area (Å²) in [6.07, 6.45) is 5.26. The van der Waals surface area contributed by atoms with E-state index in [1.165, 1.54) is 13.3 Å². The maximum absolute atomic E-state index is 12.3. The smallest absolute Gasteiger partial charge is 0.251 e. The molecule has 0 atom stereocenters. The second-order valence-electron chi connectivity index (χ2n) is 7.03. The van der Waals surface area contributed by atoms with E-state index in [9.17, 15) is 9.59 Å². The molecule has 1 aliphatic rings. The summed E-state index contributed by atoms with van der Waals surface area (Å²) in [6.45, 7) is 5.39. The van der Waals surface area contributed by atoms with Crippen LogP contribution in [0.4, 0.5) is 11.5 Å². The van der Waals surface area contributed by atoms with Crippen LogP contribution in [-0.2, 0) is 0 Å². The third kappa shape index (κ3) is 3.28. The summed E-state index contributed by atoms with van der Waals surface area (Å²) < 4.78 is 1.65. The lowest BCUT2D eigenvalue weighted by Crippen LogP contribution is -2.25. The fraction of sp³-hybridized carbons (Fsp3) is 0.300. The first kappa shape index (κ1) is 17.2. The van der Waals surface area contributed by atoms with E-state index in [-0.39, 0.29) is 11.7 Å². The van der Waals surface area contributed by atoms with Crippen molar-refractivity contribution in [3.05, 3.63) is 53.0 Å². The first-order valence-corrected chi connectivity index (χ1v) is 8.96. The van der Waals surface area contributed by atoms with Crippen molar-refractivity contribution < 1.29 is 9.59 Å². The highest BCUT2D eigenvalue weighted by molar-refractivity contribution is 5.99. The number of rotatable bonds is 5. The molecule has 2 N–H and O–H groups in total. The molecule has 7 nitrogen and oxygen atoms in total. The van der Waals surface area contributed by atoms with Crippen molar-refractivity contribution in [3.8, 4) is 0 Å². The Kier molecular flexibility index (Phi) is 4.14. The highest BCUT2D eigenvalue weighted by Crippen LogP contribution is 2.28. The van der Waals surface area contributed by atoms with Gasteiger partial charge in [-0.15, -0.1) is 0 Å². The van der Waals surface area contributed by atoms with Crippen molar-refractivity contribution in [3.63, 3.8) is 0 Å². The van der Waals surface area contributed by atoms with Crippen LogP contribution >= 0.6 is 0 Å². The molecule has 0 saturated heterocycles. The number of hydrogen-bond donors (Lipinski definition) is 2. The van der Waals surface area contributed by atoms with Crippen LogP contribution < -0.4 is 10.6 Å². The van der Waals surface area contributed by atoms with Crippen molar-refractivity contribution in [1.29, 1.82) is 0 Å². The molecule has 1 aliphatic carbocycles. The number of amides is 1. The molecule has 7 heteroatoms. The lowest BCUT2D eigenvalue weighted by atomic mass is 10.1. The Morgan fingerprint density at radius 2 is 2.00 bits per heavy atom. The Morgan fingerprint density at radius 1 is 1.22 bits per heavy atom. The average Bonchev–Trinajstić information content (AvgIpc) is 3.38. The molecule has 0 bridgehead atoms. The largest absolute Gasteiger partial charge is 0.349 e. The molecule has 2 aromatic heterocycles. The molecule has 138 valence electrons. The molecule has 0 aliphatic heterocycles. The standard InChI is InChI=1S/C20H21N5O2/c1-11-4-5-14(20(27)23-15-6-7-15)8-17(11)24-19-18-12(2)16(13(3)26)9-25(18)22-10-21-19/h4-5,8-10,15H,6-7H2,1-3H3,(H,23,27)(H,21,22,24). The minimum Gasteiger partial charge on any atom is -0.349 e. The second-order valence-corrected chi connectivity index (χ2v) is 7.03. The number of nitrogens with one attached hydrogen (secondary N) is 2. The van der Waals surface area contributed by atoms with Gasteiger partial charge >= 0.3 is 0 Å². The van der Waals surface area contributed by atoms with Gasteiger partial charge in [-0.25, -0.2) is 9.50 Å². The van der Waals surface area contributed by atoms with Gasteiger partial charge in [0.25, 0.3) is 5.91 Å². The summed E-state index contributed by atoms with van der Waals surface area (Å²) in [5.74, 6) is 0.517. The summed E-state index contributed by atoms with van der Waals surface area (Å²) >= 11 is 0. The number of benzene rings is 1. The van der Waals surface area contributed by atoms with Crippen molar-refractivity contribution in [1.82, 2.24) is 19.9 Å². The van der Waals surface area contributed by atoms with Gasteiger partial charge in [-0.1, -0.05) is 6.07 Å². The van der Waals surface area contributed by atoms with Gasteiger partial charge in [-0.2, -0.15) is 5.10 Å². The maximum Gasteiger partial charge on any atom is 0.251 e. The average molecular weight is 363 g/mol. The first-order valence-electron chi connectivity index (χ1n) is 8.96. The lowest BCUT2D eigenvalue weighted by Gasteiger charge is -2.12. The van der Waals surface area contributed by atoms with E-state index < -0.39 is 0 Å². The van der Waals surface area contributed by atoms with Crippen molar-refractivity contribution in [2.45, 2.75) is 39.7 Å². The summed E-state index contributed by atoms with van der Waals surface area (Å²) in [4.78, 5) is 28.6. The third-order valence-electron chi connectivity index (χ3n) is 4.87. The first-order chi connectivity index (χ1) is 12.9. The van der Waals surface area contributed by atoms with Crippen LogP contribution in [0.1, 0.15) is 51.6 Å². The van der Waals surface area contributed by atoms with Crippen molar-refractivity contribution >= 4 is 28.7 Å². The topological polar surface area (TPSA) is 88.4 Å². The molecule has 0 unspecified atom stereocenters. The fourth-order valence-electron chi connectivity index (χ4n) is 3.13. The van der Waals surface area contributed by atoms with Gasteiger partial charge in [0, 0.05) is 29.1 Å². The monoisotopic (exact) mass is 363 g/mol. The number of Topliss-reactive ketones (excluding diaryl/α,β-unsaturated/α-hetero) is 1. The zero-order valence-corrected chi connectivity index (χ0v) is 15.5. The van der Waals surface area contributed by atoms with Gasteiger partial charge in [0.15, 0.2) is 11.6 Å². The Hall–Kier alpha value is -3.22. The highest BCUT2D eigenvalue weighted by Gasteiger charge is 2.24. The molecular weight excluding hydrogens is 342 g/mol. The molecule has 1 saturated carbocycles. The van der Waals surface area contributed by atoms with E-state index in [0.29, 0.717) is 23.0 Å². The molecule has 2 heterocycles. The molecule has 1 aromatic carbocycles. The van der Waals surface area contributed by atoms with Gasteiger partial charge in [0.1, 0.15) is 11.8 Å². The minimum atomic E-state index is -0.0638. The number of carbonyl (C=O) groups excluding carboxylic acids is 2. The quantitative estimate of drug-likeness (QED) is 0.680. The fourth-order valence-corrected chi connectivity index (χ4v) is 3.13. The van der Waals surface area contributed by atoms with Gasteiger partial charge < -0.3 is 10.6 Å². The predicted octanol–water partition coefficient (Wildman–Crippen LogP) is 3.18. The van der Waals surface area contributed by atoms with E-state index in [2.05, 4.69) is 20.7 Å². The summed E-state index contributed by atoms with van der Waals surface area (Å²) in [5, 5.41) is 10.5. The number of nitrogens with zero attached hydrogens (tertiary/aromatic N) is 3. The SMILES string of the molecule is CC(=O)c1cn2ncnc(Nc3cc(C(=O)NC4CC4)ccc3C)c2c1C. The second kappa shape index (κ2) is 6.50. The van der Waals surface area contributed by atoms with E-state index >= 15 is 0 Å². The zero-order valence-electron chi connectivity index (χ0n) is 15.5. The minimum absolute atomic E-state index is 0.0149. The Balaban J connectivity index is 1.71. The normalized spacial score (nSPS) is 13.6. The number of carbonyl (C=O) groups is 2. The van der Waals surface area contributed by atoms with Gasteiger partial charge in [0.05, 0.1) is 0 Å². The van der Waals surface area contributed by atoms with E-state index in [1.807, 2.05) is 32.0 Å². The summed E-state index contributed by atoms with van der Waals surface area (Å²) in [6, 6.07) is 5.87. The Bertz CT molecular complexity index is 1070. The third-order valence-corrected chi connectivity index (χ3v) is 4.87. The molecule has 1 fully saturated rings. The van der Waals surface area contributed by atoms with Crippen LogP contribution in [0, 0.1) is 13.8 Å². The Morgan fingerprint density at radius 3 is 2.70 bits per heavy atom. The molecular formula is C20H21N5O2. The lowest BCUT2D eigenvalue weighted by molar-refractivity contribution is 0.0950. The summed E-state index contributed by atoms with van der Waals surface area (Å²) in [7, 11) is 0. The number of anilines is 2. The van der Waals surface area contributed by atoms with E-state index in [0.717, 1.165) is 35.2 Å². The van der Waals surface area contributed by atoms with Crippen molar-refractivity contribution in [2.24, 2.45) is 0 Å². The van der Waals surface area contributed by atoms with Crippen LogP contribution in [0.2, 0.25) is 0 Å². The predicted molar refractivity (Wildman–Crippen MR) is 103 cm³/mol. The Labute approximate surface area is 156 Å². The van der Waals surface area contributed by atoms with E-state index in [1.54, 1.807) is 10.7 Å². The van der Waals surface area contributed by atoms with Gasteiger partial charge in [-0.3, -0.25) is 9.59 Å². The highest BCUT2D eigenvalue weighted by atomic mass is 16.1. The molecule has 0 spiro atoms. The van der Waals surface area contributed by atoms with Gasteiger partial charge in [-0.05, 0) is 56.9 Å². The number of aryl methyl sites for hydroxylation is 2. The molecule has 4 rings (SSSR count). The zero-order chi connectivity index (χ0) is 19.1. The number of ketones is 1. The van der Waals surface area contributed by atoms with Crippen LogP contribution in [0.5, 0.6) is 0 Å². The molecule has 27 heavy (non-hydrogen) atoms. The maximum atomic E-state index is 12.3. The molecule has 0 radical (unpaired) electrons. The molecule has 1 amide bonds. The van der Waals surface area contributed by atoms with Crippen LogP contribution in [0.3, 0.4) is 0 Å². The number of fused-ring (bicyclic) bond motifs is 1. The van der Waals surface area contributed by atoms with Crippen molar-refractivity contribution in [2.75, 3.05) is 5.32 Å². The van der Waals surface area contributed by atoms with Crippen LogP contribution in [-0.4, -0.2) is 32.3 Å². The number of aromatic nitrogens is 3. The number of hydrogen-bond acceptors (Lipinski definition) is 5. The summed E-state index contributed by atoms with van der Waals surface area (Å²) in [5.41, 5.74) is 4.58. The van der Waals surface area contributed by atoms with Crippen LogP contribution in [0.25, 0.3) is 5.52 Å². The van der Waals surface area contributed by atoms with Crippen LogP contribution in [0.15, 0.2) is 30.7 Å².